The molecule has 156 valence electrons. The maximum Gasteiger partial charge on any atom is 0.415 e. The zero-order valence-electron chi connectivity index (χ0n) is 16.2. The topological polar surface area (TPSA) is 92.8 Å². The number of amides is 2. The number of fused-ring (bicyclic) bond motifs is 2. The predicted molar refractivity (Wildman–Crippen MR) is 111 cm³/mol. The number of nitrogens with zero attached hydrogens (tertiary/aromatic N) is 2. The maximum absolute atomic E-state index is 12.3. The number of carbonyl (C=O) groups is 2. The van der Waals surface area contributed by atoms with E-state index in [-0.39, 0.29) is 18.6 Å². The predicted octanol–water partition coefficient (Wildman–Crippen LogP) is 2.54. The number of rotatable bonds is 5. The monoisotopic (exact) mass is 428 g/mol. The number of hydrogen-bond acceptors (Lipinski definition) is 6. The van der Waals surface area contributed by atoms with Gasteiger partial charge in [0.05, 0.1) is 6.54 Å². The molecule has 2 aromatic rings. The number of anilines is 2. The molecule has 0 spiro atoms. The summed E-state index contributed by atoms with van der Waals surface area (Å²) in [6.45, 7) is 1.12. The lowest BCUT2D eigenvalue weighted by molar-refractivity contribution is -0.118. The Kier molecular flexibility index (Phi) is 4.96. The Hall–Kier alpha value is -2.84. The van der Waals surface area contributed by atoms with Gasteiger partial charge in [-0.05, 0) is 55.1 Å². The van der Waals surface area contributed by atoms with Crippen LogP contribution in [0.5, 0.6) is 5.75 Å². The zero-order valence-corrected chi connectivity index (χ0v) is 16.9. The van der Waals surface area contributed by atoms with Crippen LogP contribution in [-0.4, -0.2) is 48.8 Å². The van der Waals surface area contributed by atoms with E-state index in [1.54, 1.807) is 12.1 Å². The number of carbonyl (C=O) groups excluding carboxylic acids is 2. The lowest BCUT2D eigenvalue weighted by Gasteiger charge is -2.19. The van der Waals surface area contributed by atoms with E-state index in [0.717, 1.165) is 24.4 Å². The molecule has 2 amide bonds. The number of halogens is 1. The van der Waals surface area contributed by atoms with Gasteiger partial charge in [0.25, 0.3) is 5.91 Å². The van der Waals surface area contributed by atoms with Crippen molar-refractivity contribution in [1.82, 2.24) is 10.3 Å². The molecule has 2 aliphatic heterocycles. The van der Waals surface area contributed by atoms with Crippen LogP contribution in [0.25, 0.3) is 0 Å². The molecule has 8 nitrogen and oxygen atoms in total. The van der Waals surface area contributed by atoms with Crippen LogP contribution in [-0.2, 0) is 22.4 Å². The molecular weight excluding hydrogens is 408 g/mol. The summed E-state index contributed by atoms with van der Waals surface area (Å²) < 4.78 is 10.8. The Morgan fingerprint density at radius 1 is 1.23 bits per heavy atom. The Bertz CT molecular complexity index is 1010. The maximum atomic E-state index is 12.3. The van der Waals surface area contributed by atoms with Crippen LogP contribution in [0.15, 0.2) is 30.3 Å². The molecule has 1 aromatic carbocycles. The van der Waals surface area contributed by atoms with Crippen LogP contribution >= 0.6 is 11.6 Å². The Labute approximate surface area is 178 Å². The highest BCUT2D eigenvalue weighted by Gasteiger charge is 2.34. The van der Waals surface area contributed by atoms with Crippen LogP contribution in [0.4, 0.5) is 16.4 Å². The molecule has 2 atom stereocenters. The van der Waals surface area contributed by atoms with Gasteiger partial charge in [-0.15, -0.1) is 0 Å². The molecule has 3 aliphatic rings. The summed E-state index contributed by atoms with van der Waals surface area (Å²) >= 11 is 6.29. The fourth-order valence-corrected chi connectivity index (χ4v) is 4.43. The van der Waals surface area contributed by atoms with E-state index in [1.165, 1.54) is 16.0 Å². The summed E-state index contributed by atoms with van der Waals surface area (Å²) in [4.78, 5) is 29.7. The molecule has 9 heteroatoms. The normalized spacial score (nSPS) is 22.2. The van der Waals surface area contributed by atoms with Crippen LogP contribution < -0.4 is 20.3 Å². The quantitative estimate of drug-likeness (QED) is 0.760. The minimum Gasteiger partial charge on any atom is -0.480 e. The molecule has 1 fully saturated rings. The number of ether oxygens (including phenoxy) is 2. The van der Waals surface area contributed by atoms with Gasteiger partial charge >= 0.3 is 6.09 Å². The van der Waals surface area contributed by atoms with Crippen molar-refractivity contribution in [3.63, 3.8) is 0 Å². The van der Waals surface area contributed by atoms with Crippen LogP contribution in [0.1, 0.15) is 17.5 Å². The van der Waals surface area contributed by atoms with Gasteiger partial charge in [-0.1, -0.05) is 23.7 Å². The van der Waals surface area contributed by atoms with Crippen molar-refractivity contribution in [2.45, 2.75) is 31.4 Å². The molecule has 5 rings (SSSR count). The molecule has 2 unspecified atom stereocenters. The van der Waals surface area contributed by atoms with Gasteiger partial charge in [-0.3, -0.25) is 9.69 Å². The summed E-state index contributed by atoms with van der Waals surface area (Å²) in [6, 6.07) is 9.78. The van der Waals surface area contributed by atoms with Gasteiger partial charge in [-0.25, -0.2) is 9.78 Å². The molecule has 3 heterocycles. The van der Waals surface area contributed by atoms with Gasteiger partial charge in [0, 0.05) is 11.1 Å². The molecule has 2 N–H and O–H groups in total. The molecule has 1 aromatic heterocycles. The summed E-state index contributed by atoms with van der Waals surface area (Å²) in [7, 11) is 0. The van der Waals surface area contributed by atoms with E-state index in [0.29, 0.717) is 36.4 Å². The fourth-order valence-electron chi connectivity index (χ4n) is 4.16. The van der Waals surface area contributed by atoms with E-state index in [4.69, 9.17) is 21.1 Å². The summed E-state index contributed by atoms with van der Waals surface area (Å²) in [5.41, 5.74) is 2.53. The van der Waals surface area contributed by atoms with Crippen molar-refractivity contribution in [3.05, 3.63) is 46.5 Å². The summed E-state index contributed by atoms with van der Waals surface area (Å²) in [6.07, 6.45) is 1.92. The number of nitrogens with one attached hydrogen (secondary N) is 2. The molecule has 30 heavy (non-hydrogen) atoms. The lowest BCUT2D eigenvalue weighted by Crippen LogP contribution is -2.33. The van der Waals surface area contributed by atoms with Crippen molar-refractivity contribution in [1.29, 1.82) is 0 Å². The third kappa shape index (κ3) is 3.68. The van der Waals surface area contributed by atoms with E-state index >= 15 is 0 Å². The molecular formula is C21H21ClN4O4. The standard InChI is InChI=1S/C21H21ClN4O4/c22-16-3-1-2-12-8-13(9-15(12)16)23-7-6-14-10-26(21(28)30-14)18-5-4-17-20(24-18)25-19(27)11-29-17/h1-5,13-14,23H,6-11H2,(H,24,25,27). The average molecular weight is 429 g/mol. The van der Waals surface area contributed by atoms with Gasteiger partial charge in [0.2, 0.25) is 0 Å². The number of pyridine rings is 1. The Morgan fingerprint density at radius 2 is 2.13 bits per heavy atom. The average Bonchev–Trinajstić information content (AvgIpc) is 3.31. The van der Waals surface area contributed by atoms with Gasteiger partial charge < -0.3 is 20.1 Å². The highest BCUT2D eigenvalue weighted by atomic mass is 35.5. The van der Waals surface area contributed by atoms with E-state index < -0.39 is 6.09 Å². The van der Waals surface area contributed by atoms with Gasteiger partial charge in [0.15, 0.2) is 18.2 Å². The van der Waals surface area contributed by atoms with Crippen molar-refractivity contribution < 1.29 is 19.1 Å². The summed E-state index contributed by atoms with van der Waals surface area (Å²) in [5, 5.41) is 7.03. The first-order chi connectivity index (χ1) is 14.6. The second-order valence-corrected chi connectivity index (χ2v) is 8.10. The number of aromatic nitrogens is 1. The van der Waals surface area contributed by atoms with Gasteiger partial charge in [-0.2, -0.15) is 0 Å². The molecule has 0 radical (unpaired) electrons. The highest BCUT2D eigenvalue weighted by Crippen LogP contribution is 2.31. The summed E-state index contributed by atoms with van der Waals surface area (Å²) in [5.74, 6) is 0.974. The minimum absolute atomic E-state index is 0.0346. The lowest BCUT2D eigenvalue weighted by atomic mass is 10.1. The largest absolute Gasteiger partial charge is 0.480 e. The van der Waals surface area contributed by atoms with Crippen molar-refractivity contribution in [3.8, 4) is 5.75 Å². The van der Waals surface area contributed by atoms with Crippen molar-refractivity contribution >= 4 is 35.2 Å². The molecule has 0 bridgehead atoms. The minimum atomic E-state index is -0.435. The molecule has 0 saturated carbocycles. The van der Waals surface area contributed by atoms with E-state index in [9.17, 15) is 9.59 Å². The second kappa shape index (κ2) is 7.77. The van der Waals surface area contributed by atoms with Crippen LogP contribution in [0.3, 0.4) is 0 Å². The van der Waals surface area contributed by atoms with Crippen LogP contribution in [0, 0.1) is 0 Å². The van der Waals surface area contributed by atoms with Crippen molar-refractivity contribution in [2.75, 3.05) is 29.9 Å². The number of hydrogen-bond donors (Lipinski definition) is 2. The third-order valence-electron chi connectivity index (χ3n) is 5.64. The Balaban J connectivity index is 1.15. The zero-order chi connectivity index (χ0) is 20.7. The van der Waals surface area contributed by atoms with Gasteiger partial charge in [0.1, 0.15) is 11.9 Å². The third-order valence-corrected chi connectivity index (χ3v) is 6.00. The first kappa shape index (κ1) is 19.1. The first-order valence-corrected chi connectivity index (χ1v) is 10.4. The second-order valence-electron chi connectivity index (χ2n) is 7.69. The smallest absolute Gasteiger partial charge is 0.415 e. The first-order valence-electron chi connectivity index (χ1n) is 9.98. The van der Waals surface area contributed by atoms with E-state index in [2.05, 4.69) is 21.7 Å². The molecule has 1 saturated heterocycles. The Morgan fingerprint density at radius 3 is 3.00 bits per heavy atom. The highest BCUT2D eigenvalue weighted by molar-refractivity contribution is 6.31. The fraction of sp³-hybridized carbons (Fsp3) is 0.381. The number of cyclic esters (lactones) is 1. The van der Waals surface area contributed by atoms with Crippen LogP contribution in [0.2, 0.25) is 5.02 Å². The molecule has 1 aliphatic carbocycles. The van der Waals surface area contributed by atoms with E-state index in [1.807, 2.05) is 12.1 Å². The number of benzene rings is 1. The van der Waals surface area contributed by atoms with Crippen molar-refractivity contribution in [2.24, 2.45) is 0 Å². The SMILES string of the molecule is O=C1COc2ccc(N3CC(CCNC4Cc5cccc(Cl)c5C4)OC3=O)nc2N1.